The topological polar surface area (TPSA) is 39.7 Å². The van der Waals surface area contributed by atoms with Crippen LogP contribution in [0.5, 0.6) is 0 Å². The lowest BCUT2D eigenvalue weighted by Gasteiger charge is -2.28. The van der Waals surface area contributed by atoms with E-state index in [0.29, 0.717) is 19.8 Å². The van der Waals surface area contributed by atoms with Crippen molar-refractivity contribution < 1.29 is 13.3 Å². The molecule has 0 radical (unpaired) electrons. The van der Waals surface area contributed by atoms with Gasteiger partial charge in [-0.2, -0.15) is 0 Å². The third kappa shape index (κ3) is 6.27. The van der Waals surface area contributed by atoms with Crippen LogP contribution in [0.1, 0.15) is 27.2 Å². The molecule has 15 heavy (non-hydrogen) atoms. The lowest BCUT2D eigenvalue weighted by molar-refractivity contribution is 0.0709. The zero-order chi connectivity index (χ0) is 11.6. The highest BCUT2D eigenvalue weighted by Gasteiger charge is 2.39. The van der Waals surface area contributed by atoms with Crippen LogP contribution in [0.2, 0.25) is 6.04 Å². The monoisotopic (exact) mass is 235 g/mol. The first-order chi connectivity index (χ1) is 7.24. The van der Waals surface area contributed by atoms with Gasteiger partial charge in [-0.3, -0.25) is 0 Å². The lowest BCUT2D eigenvalue weighted by Crippen LogP contribution is -2.46. The normalized spacial score (nSPS) is 12.0. The molecule has 0 saturated carbocycles. The third-order valence-corrected chi connectivity index (χ3v) is 5.15. The maximum Gasteiger partial charge on any atom is 0.500 e. The summed E-state index contributed by atoms with van der Waals surface area (Å²) in [5.74, 6) is 0. The fourth-order valence-electron chi connectivity index (χ4n) is 1.48. The molecule has 0 rings (SSSR count). The molecule has 0 aliphatic carbocycles. The van der Waals surface area contributed by atoms with Crippen LogP contribution in [0.25, 0.3) is 0 Å². The molecule has 0 spiro atoms. The van der Waals surface area contributed by atoms with Crippen LogP contribution in [0.15, 0.2) is 0 Å². The maximum atomic E-state index is 5.72. The summed E-state index contributed by atoms with van der Waals surface area (Å²) >= 11 is 0. The van der Waals surface area contributed by atoms with Crippen molar-refractivity contribution in [1.82, 2.24) is 5.32 Å². The Kier molecular flexibility index (Phi) is 9.33. The Balaban J connectivity index is 4.18. The van der Waals surface area contributed by atoms with Crippen LogP contribution < -0.4 is 5.32 Å². The van der Waals surface area contributed by atoms with Crippen LogP contribution in [-0.4, -0.2) is 42.2 Å². The maximum absolute atomic E-state index is 5.72. The average molecular weight is 235 g/mol. The predicted octanol–water partition coefficient (Wildman–Crippen LogP) is 1.64. The van der Waals surface area contributed by atoms with Crippen molar-refractivity contribution in [2.75, 3.05) is 33.4 Å². The number of hydrogen-bond donors (Lipinski definition) is 1. The van der Waals surface area contributed by atoms with Gasteiger partial charge < -0.3 is 18.6 Å². The zero-order valence-electron chi connectivity index (χ0n) is 10.5. The minimum atomic E-state index is -2.37. The van der Waals surface area contributed by atoms with Crippen molar-refractivity contribution in [3.8, 4) is 0 Å². The van der Waals surface area contributed by atoms with Gasteiger partial charge in [0.1, 0.15) is 0 Å². The third-order valence-electron chi connectivity index (χ3n) is 2.00. The molecule has 0 aliphatic heterocycles. The van der Waals surface area contributed by atoms with Gasteiger partial charge in [0, 0.05) is 25.9 Å². The molecular formula is C10H25NO3Si. The molecule has 5 heteroatoms. The minimum Gasteiger partial charge on any atom is -0.374 e. The van der Waals surface area contributed by atoms with E-state index in [0.717, 1.165) is 19.0 Å². The van der Waals surface area contributed by atoms with Gasteiger partial charge >= 0.3 is 8.80 Å². The smallest absolute Gasteiger partial charge is 0.374 e. The van der Waals surface area contributed by atoms with E-state index in [1.54, 1.807) is 0 Å². The summed E-state index contributed by atoms with van der Waals surface area (Å²) in [7, 11) is -0.423. The van der Waals surface area contributed by atoms with Crippen LogP contribution in [-0.2, 0) is 13.3 Å². The van der Waals surface area contributed by atoms with Gasteiger partial charge in [-0.15, -0.1) is 0 Å². The van der Waals surface area contributed by atoms with Crippen LogP contribution in [0.4, 0.5) is 0 Å². The molecule has 0 saturated heterocycles. The summed E-state index contributed by atoms with van der Waals surface area (Å²) in [4.78, 5) is 0. The van der Waals surface area contributed by atoms with Gasteiger partial charge in [-0.25, -0.2) is 0 Å². The summed E-state index contributed by atoms with van der Waals surface area (Å²) in [6.07, 6.45) is 1.03. The molecule has 4 nitrogen and oxygen atoms in total. The molecule has 0 aromatic carbocycles. The van der Waals surface area contributed by atoms with E-state index >= 15 is 0 Å². The van der Waals surface area contributed by atoms with Gasteiger partial charge in [0.15, 0.2) is 0 Å². The Morgan fingerprint density at radius 1 is 0.933 bits per heavy atom. The standard InChI is InChI=1S/C10H25NO3Si/c1-5-12-15(13-6-2,14-7-3)10-8-9-11-4/h11H,5-10H2,1-4H3. The first-order valence-corrected chi connectivity index (χ1v) is 7.74. The van der Waals surface area contributed by atoms with Crippen molar-refractivity contribution in [2.45, 2.75) is 33.2 Å². The fraction of sp³-hybridized carbons (Fsp3) is 1.00. The van der Waals surface area contributed by atoms with E-state index in [4.69, 9.17) is 13.3 Å². The molecule has 0 unspecified atom stereocenters. The molecule has 0 amide bonds. The number of rotatable bonds is 10. The highest BCUT2D eigenvalue weighted by Crippen LogP contribution is 2.17. The molecule has 1 N–H and O–H groups in total. The van der Waals surface area contributed by atoms with E-state index in [1.807, 2.05) is 27.8 Å². The van der Waals surface area contributed by atoms with E-state index in [9.17, 15) is 0 Å². The van der Waals surface area contributed by atoms with E-state index < -0.39 is 8.80 Å². The average Bonchev–Trinajstić information content (AvgIpc) is 2.19. The van der Waals surface area contributed by atoms with Gasteiger partial charge in [0.25, 0.3) is 0 Å². The lowest BCUT2D eigenvalue weighted by atomic mass is 10.5. The molecule has 92 valence electrons. The summed E-state index contributed by atoms with van der Waals surface area (Å²) in [5, 5.41) is 3.12. The van der Waals surface area contributed by atoms with Gasteiger partial charge in [0.05, 0.1) is 0 Å². The van der Waals surface area contributed by atoms with Crippen molar-refractivity contribution in [3.63, 3.8) is 0 Å². The Hall–Kier alpha value is 0.0569. The second-order valence-corrected chi connectivity index (χ2v) is 5.92. The summed E-state index contributed by atoms with van der Waals surface area (Å²) in [6, 6.07) is 0.892. The van der Waals surface area contributed by atoms with Crippen molar-refractivity contribution in [1.29, 1.82) is 0 Å². The molecule has 0 aliphatic rings. The molecule has 0 heterocycles. The highest BCUT2D eigenvalue weighted by molar-refractivity contribution is 6.60. The predicted molar refractivity (Wildman–Crippen MR) is 64.0 cm³/mol. The van der Waals surface area contributed by atoms with Gasteiger partial charge in [0.2, 0.25) is 0 Å². The van der Waals surface area contributed by atoms with Crippen molar-refractivity contribution in [3.05, 3.63) is 0 Å². The molecule has 0 aromatic heterocycles. The Labute approximate surface area is 94.7 Å². The molecular weight excluding hydrogens is 210 g/mol. The van der Waals surface area contributed by atoms with Crippen LogP contribution >= 0.6 is 0 Å². The van der Waals surface area contributed by atoms with Gasteiger partial charge in [-0.1, -0.05) is 0 Å². The van der Waals surface area contributed by atoms with Crippen LogP contribution in [0.3, 0.4) is 0 Å². The largest absolute Gasteiger partial charge is 0.500 e. The van der Waals surface area contributed by atoms with E-state index in [1.165, 1.54) is 0 Å². The quantitative estimate of drug-likeness (QED) is 0.462. The Morgan fingerprint density at radius 2 is 1.40 bits per heavy atom. The van der Waals surface area contributed by atoms with Gasteiger partial charge in [-0.05, 0) is 40.8 Å². The summed E-state index contributed by atoms with van der Waals surface area (Å²) in [6.45, 7) is 8.90. The SMILES string of the molecule is CCO[Si](CCCNC)(OCC)OCC. The van der Waals surface area contributed by atoms with E-state index in [-0.39, 0.29) is 0 Å². The van der Waals surface area contributed by atoms with Crippen molar-refractivity contribution in [2.24, 2.45) is 0 Å². The molecule has 0 fully saturated rings. The Morgan fingerprint density at radius 3 is 1.73 bits per heavy atom. The van der Waals surface area contributed by atoms with E-state index in [2.05, 4.69) is 5.32 Å². The first-order valence-electron chi connectivity index (χ1n) is 5.81. The first kappa shape index (κ1) is 15.1. The zero-order valence-corrected chi connectivity index (χ0v) is 11.5. The minimum absolute atomic E-state index is 0.659. The van der Waals surface area contributed by atoms with Crippen LogP contribution in [0, 0.1) is 0 Å². The number of nitrogens with one attached hydrogen (secondary N) is 1. The second-order valence-electron chi connectivity index (χ2n) is 3.19. The Bertz CT molecular complexity index is 130. The molecule has 0 atom stereocenters. The highest BCUT2D eigenvalue weighted by atomic mass is 28.4. The van der Waals surface area contributed by atoms with Crippen molar-refractivity contribution >= 4 is 8.80 Å². The molecule has 0 aromatic rings. The summed E-state index contributed by atoms with van der Waals surface area (Å²) in [5.41, 5.74) is 0. The molecule has 0 bridgehead atoms. The summed E-state index contributed by atoms with van der Waals surface area (Å²) < 4.78 is 17.2. The fourth-order valence-corrected chi connectivity index (χ4v) is 4.10. The number of hydrogen-bond acceptors (Lipinski definition) is 4. The second kappa shape index (κ2) is 9.29.